The Kier molecular flexibility index (Phi) is 3.84. The number of hydrogen-bond acceptors (Lipinski definition) is 2. The first-order chi connectivity index (χ1) is 6.33. The third-order valence-corrected chi connectivity index (χ3v) is 1.78. The lowest BCUT2D eigenvalue weighted by atomic mass is 10.1. The van der Waals surface area contributed by atoms with Crippen LogP contribution in [0.3, 0.4) is 0 Å². The number of ketones is 1. The second-order valence-corrected chi connectivity index (χ2v) is 2.82. The molecule has 0 unspecified atom stereocenters. The Labute approximate surface area is 77.9 Å². The summed E-state index contributed by atoms with van der Waals surface area (Å²) in [6, 6.07) is 3.69. The van der Waals surface area contributed by atoms with E-state index in [0.717, 1.165) is 5.76 Å². The molecule has 2 nitrogen and oxygen atoms in total. The standard InChI is InChI=1S/C11H12O2/c1-2-3-5-10(12)7-8-11-6-4-9-13-11/h1,4,6,9H,3,5,7-8H2. The van der Waals surface area contributed by atoms with Crippen molar-refractivity contribution in [3.63, 3.8) is 0 Å². The minimum absolute atomic E-state index is 0.203. The Morgan fingerprint density at radius 1 is 1.54 bits per heavy atom. The van der Waals surface area contributed by atoms with Gasteiger partial charge in [-0.05, 0) is 12.1 Å². The zero-order chi connectivity index (χ0) is 9.52. The van der Waals surface area contributed by atoms with Crippen LogP contribution < -0.4 is 0 Å². The zero-order valence-corrected chi connectivity index (χ0v) is 7.45. The number of hydrogen-bond donors (Lipinski definition) is 0. The molecular formula is C11H12O2. The van der Waals surface area contributed by atoms with Gasteiger partial charge in [-0.2, -0.15) is 0 Å². The molecule has 0 saturated heterocycles. The minimum atomic E-state index is 0.203. The molecule has 1 rings (SSSR count). The number of Topliss-reactive ketones (excluding diaryl/α,β-unsaturated/α-hetero) is 1. The maximum atomic E-state index is 11.2. The molecule has 0 aromatic carbocycles. The van der Waals surface area contributed by atoms with E-state index in [1.807, 2.05) is 12.1 Å². The molecule has 2 heteroatoms. The predicted molar refractivity (Wildman–Crippen MR) is 50.1 cm³/mol. The Hall–Kier alpha value is -1.49. The van der Waals surface area contributed by atoms with Crippen LogP contribution in [-0.4, -0.2) is 5.78 Å². The third-order valence-electron chi connectivity index (χ3n) is 1.78. The summed E-state index contributed by atoms with van der Waals surface area (Å²) in [5, 5.41) is 0. The van der Waals surface area contributed by atoms with E-state index in [4.69, 9.17) is 10.8 Å². The summed E-state index contributed by atoms with van der Waals surface area (Å²) in [6.07, 6.45) is 8.88. The highest BCUT2D eigenvalue weighted by molar-refractivity contribution is 5.78. The average molecular weight is 176 g/mol. The summed E-state index contributed by atoms with van der Waals surface area (Å²) < 4.78 is 5.10. The molecule has 0 fully saturated rings. The van der Waals surface area contributed by atoms with Gasteiger partial charge in [-0.25, -0.2) is 0 Å². The van der Waals surface area contributed by atoms with Crippen molar-refractivity contribution in [3.8, 4) is 12.3 Å². The number of carbonyl (C=O) groups is 1. The van der Waals surface area contributed by atoms with Crippen LogP contribution in [0.4, 0.5) is 0 Å². The van der Waals surface area contributed by atoms with Gasteiger partial charge >= 0.3 is 0 Å². The van der Waals surface area contributed by atoms with E-state index in [-0.39, 0.29) is 5.78 Å². The number of furan rings is 1. The van der Waals surface area contributed by atoms with E-state index in [9.17, 15) is 4.79 Å². The van der Waals surface area contributed by atoms with Crippen LogP contribution in [0.25, 0.3) is 0 Å². The van der Waals surface area contributed by atoms with Gasteiger partial charge in [0.25, 0.3) is 0 Å². The first-order valence-electron chi connectivity index (χ1n) is 4.30. The van der Waals surface area contributed by atoms with Crippen molar-refractivity contribution in [1.29, 1.82) is 0 Å². The summed E-state index contributed by atoms with van der Waals surface area (Å²) in [5.74, 6) is 3.51. The lowest BCUT2D eigenvalue weighted by Gasteiger charge is -1.95. The second-order valence-electron chi connectivity index (χ2n) is 2.82. The second kappa shape index (κ2) is 5.21. The fourth-order valence-corrected chi connectivity index (χ4v) is 1.05. The molecule has 1 aromatic heterocycles. The van der Waals surface area contributed by atoms with Crippen molar-refractivity contribution in [2.75, 3.05) is 0 Å². The van der Waals surface area contributed by atoms with Crippen LogP contribution in [-0.2, 0) is 11.2 Å². The molecule has 13 heavy (non-hydrogen) atoms. The number of aryl methyl sites for hydroxylation is 1. The largest absolute Gasteiger partial charge is 0.469 e. The molecule has 0 aliphatic rings. The van der Waals surface area contributed by atoms with Crippen molar-refractivity contribution < 1.29 is 9.21 Å². The van der Waals surface area contributed by atoms with Gasteiger partial charge < -0.3 is 4.42 Å². The topological polar surface area (TPSA) is 30.2 Å². The Morgan fingerprint density at radius 2 is 2.38 bits per heavy atom. The predicted octanol–water partition coefficient (Wildman–Crippen LogP) is 2.19. The third kappa shape index (κ3) is 3.62. The summed E-state index contributed by atoms with van der Waals surface area (Å²) in [4.78, 5) is 11.2. The first-order valence-corrected chi connectivity index (χ1v) is 4.30. The van der Waals surface area contributed by atoms with Gasteiger partial charge in [0.2, 0.25) is 0 Å². The SMILES string of the molecule is C#CCCC(=O)CCc1ccco1. The molecule has 0 aliphatic carbocycles. The minimum Gasteiger partial charge on any atom is -0.469 e. The van der Waals surface area contributed by atoms with Crippen LogP contribution in [0, 0.1) is 12.3 Å². The van der Waals surface area contributed by atoms with Gasteiger partial charge in [0.05, 0.1) is 6.26 Å². The van der Waals surface area contributed by atoms with Crippen molar-refractivity contribution in [3.05, 3.63) is 24.2 Å². The van der Waals surface area contributed by atoms with Gasteiger partial charge in [0, 0.05) is 25.7 Å². The molecule has 0 atom stereocenters. The molecule has 0 spiro atoms. The van der Waals surface area contributed by atoms with E-state index < -0.39 is 0 Å². The van der Waals surface area contributed by atoms with Crippen LogP contribution >= 0.6 is 0 Å². The molecule has 0 saturated carbocycles. The molecule has 0 N–H and O–H groups in total. The lowest BCUT2D eigenvalue weighted by Crippen LogP contribution is -1.98. The van der Waals surface area contributed by atoms with Crippen LogP contribution in [0.5, 0.6) is 0 Å². The summed E-state index contributed by atoms with van der Waals surface area (Å²) in [7, 11) is 0. The van der Waals surface area contributed by atoms with E-state index in [2.05, 4.69) is 5.92 Å². The monoisotopic (exact) mass is 176 g/mol. The summed E-state index contributed by atoms with van der Waals surface area (Å²) >= 11 is 0. The van der Waals surface area contributed by atoms with E-state index in [0.29, 0.717) is 25.7 Å². The molecule has 1 heterocycles. The highest BCUT2D eigenvalue weighted by atomic mass is 16.3. The van der Waals surface area contributed by atoms with E-state index >= 15 is 0 Å². The Bertz CT molecular complexity index is 290. The first kappa shape index (κ1) is 9.60. The van der Waals surface area contributed by atoms with Gasteiger partial charge in [0.15, 0.2) is 0 Å². The fraction of sp³-hybridized carbons (Fsp3) is 0.364. The van der Waals surface area contributed by atoms with Crippen LogP contribution in [0.15, 0.2) is 22.8 Å². The normalized spacial score (nSPS) is 9.46. The molecule has 0 bridgehead atoms. The highest BCUT2D eigenvalue weighted by Crippen LogP contribution is 2.05. The number of carbonyl (C=O) groups excluding carboxylic acids is 1. The van der Waals surface area contributed by atoms with Gasteiger partial charge in [0.1, 0.15) is 11.5 Å². The van der Waals surface area contributed by atoms with E-state index in [1.165, 1.54) is 0 Å². The molecule has 0 radical (unpaired) electrons. The molecule has 68 valence electrons. The summed E-state index contributed by atoms with van der Waals surface area (Å²) in [6.45, 7) is 0. The quantitative estimate of drug-likeness (QED) is 0.644. The van der Waals surface area contributed by atoms with Crippen LogP contribution in [0.1, 0.15) is 25.0 Å². The molecular weight excluding hydrogens is 164 g/mol. The molecule has 0 aliphatic heterocycles. The van der Waals surface area contributed by atoms with Gasteiger partial charge in [-0.15, -0.1) is 12.3 Å². The summed E-state index contributed by atoms with van der Waals surface area (Å²) in [5.41, 5.74) is 0. The van der Waals surface area contributed by atoms with Crippen LogP contribution in [0.2, 0.25) is 0 Å². The number of rotatable bonds is 5. The van der Waals surface area contributed by atoms with Crippen molar-refractivity contribution in [2.45, 2.75) is 25.7 Å². The average Bonchev–Trinajstić information content (AvgIpc) is 2.64. The fourth-order valence-electron chi connectivity index (χ4n) is 1.05. The van der Waals surface area contributed by atoms with Gasteiger partial charge in [-0.1, -0.05) is 0 Å². The lowest BCUT2D eigenvalue weighted by molar-refractivity contribution is -0.119. The van der Waals surface area contributed by atoms with Gasteiger partial charge in [-0.3, -0.25) is 4.79 Å². The van der Waals surface area contributed by atoms with Crippen molar-refractivity contribution in [1.82, 2.24) is 0 Å². The maximum absolute atomic E-state index is 11.2. The van der Waals surface area contributed by atoms with Crippen molar-refractivity contribution >= 4 is 5.78 Å². The highest BCUT2D eigenvalue weighted by Gasteiger charge is 2.02. The zero-order valence-electron chi connectivity index (χ0n) is 7.45. The smallest absolute Gasteiger partial charge is 0.134 e. The molecule has 0 amide bonds. The Balaban J connectivity index is 2.20. The van der Waals surface area contributed by atoms with E-state index in [1.54, 1.807) is 6.26 Å². The molecule has 1 aromatic rings. The maximum Gasteiger partial charge on any atom is 0.134 e. The number of terminal acetylenes is 1. The van der Waals surface area contributed by atoms with Crippen molar-refractivity contribution in [2.24, 2.45) is 0 Å². The Morgan fingerprint density at radius 3 is 3.00 bits per heavy atom.